The minimum absolute atomic E-state index is 0.543. The van der Waals surface area contributed by atoms with Crippen LogP contribution in [0.5, 0.6) is 0 Å². The summed E-state index contributed by atoms with van der Waals surface area (Å²) in [4.78, 5) is 6.39. The van der Waals surface area contributed by atoms with E-state index in [9.17, 15) is 5.11 Å². The lowest BCUT2D eigenvalue weighted by Crippen LogP contribution is -2.16. The Morgan fingerprint density at radius 2 is 2.04 bits per heavy atom. The molecule has 0 bridgehead atoms. The topological polar surface area (TPSA) is 41.3 Å². The first-order valence-electron chi connectivity index (χ1n) is 8.69. The lowest BCUT2D eigenvalue weighted by molar-refractivity contribution is 0.157. The molecule has 1 aliphatic heterocycles. The fourth-order valence-electron chi connectivity index (χ4n) is 3.85. The fraction of sp³-hybridized carbons (Fsp3) is 0.350. The molecule has 4 nitrogen and oxygen atoms in total. The highest BCUT2D eigenvalue weighted by atomic mass is 35.5. The SMILES string of the molecule is CN1CCCc2c(c3cc(Cl)ccc3n2CC(O)c2ccncc2)C1. The number of aliphatic hydroxyl groups excluding tert-OH is 1. The van der Waals surface area contributed by atoms with E-state index >= 15 is 0 Å². The second kappa shape index (κ2) is 6.79. The lowest BCUT2D eigenvalue weighted by atomic mass is 10.1. The van der Waals surface area contributed by atoms with Crippen LogP contribution in [0.1, 0.15) is 29.3 Å². The number of hydrogen-bond acceptors (Lipinski definition) is 3. The second-order valence-corrected chi connectivity index (χ2v) is 7.27. The van der Waals surface area contributed by atoms with Crippen molar-refractivity contribution in [1.29, 1.82) is 0 Å². The summed E-state index contributed by atoms with van der Waals surface area (Å²) in [5, 5.41) is 12.7. The van der Waals surface area contributed by atoms with Crippen molar-refractivity contribution >= 4 is 22.5 Å². The highest BCUT2D eigenvalue weighted by Crippen LogP contribution is 2.33. The van der Waals surface area contributed by atoms with E-state index in [1.54, 1.807) is 12.4 Å². The van der Waals surface area contributed by atoms with Crippen LogP contribution in [0.3, 0.4) is 0 Å². The fourth-order valence-corrected chi connectivity index (χ4v) is 4.02. The normalized spacial score (nSPS) is 16.6. The van der Waals surface area contributed by atoms with Gasteiger partial charge in [0, 0.05) is 40.6 Å². The molecule has 1 N–H and O–H groups in total. The van der Waals surface area contributed by atoms with E-state index in [1.165, 1.54) is 16.6 Å². The van der Waals surface area contributed by atoms with Crippen molar-refractivity contribution in [2.45, 2.75) is 32.0 Å². The first-order chi connectivity index (χ1) is 12.1. The molecule has 0 saturated carbocycles. The largest absolute Gasteiger partial charge is 0.387 e. The number of rotatable bonds is 3. The summed E-state index contributed by atoms with van der Waals surface area (Å²) in [7, 11) is 2.16. The van der Waals surface area contributed by atoms with E-state index < -0.39 is 6.10 Å². The molecule has 1 atom stereocenters. The maximum absolute atomic E-state index is 10.7. The first-order valence-corrected chi connectivity index (χ1v) is 9.07. The Balaban J connectivity index is 1.81. The van der Waals surface area contributed by atoms with Gasteiger partial charge in [-0.25, -0.2) is 0 Å². The molecule has 5 heteroatoms. The molecule has 0 amide bonds. The van der Waals surface area contributed by atoms with Gasteiger partial charge in [0.25, 0.3) is 0 Å². The van der Waals surface area contributed by atoms with Gasteiger partial charge in [-0.05, 0) is 67.9 Å². The zero-order chi connectivity index (χ0) is 17.4. The van der Waals surface area contributed by atoms with Crippen molar-refractivity contribution in [3.05, 3.63) is 64.6 Å². The van der Waals surface area contributed by atoms with Gasteiger partial charge in [0.15, 0.2) is 0 Å². The number of hydrogen-bond donors (Lipinski definition) is 1. The average Bonchev–Trinajstić information content (AvgIpc) is 2.77. The third kappa shape index (κ3) is 3.17. The van der Waals surface area contributed by atoms with Crippen LogP contribution in [0.2, 0.25) is 5.02 Å². The zero-order valence-corrected chi connectivity index (χ0v) is 15.1. The van der Waals surface area contributed by atoms with Crippen LogP contribution < -0.4 is 0 Å². The predicted molar refractivity (Wildman–Crippen MR) is 101 cm³/mol. The molecular weight excluding hydrogens is 334 g/mol. The Morgan fingerprint density at radius 1 is 1.24 bits per heavy atom. The Labute approximate surface area is 152 Å². The summed E-state index contributed by atoms with van der Waals surface area (Å²) in [5.41, 5.74) is 4.72. The quantitative estimate of drug-likeness (QED) is 0.777. The molecule has 0 spiro atoms. The molecule has 0 saturated heterocycles. The highest BCUT2D eigenvalue weighted by Gasteiger charge is 2.22. The summed E-state index contributed by atoms with van der Waals surface area (Å²) in [5.74, 6) is 0. The van der Waals surface area contributed by atoms with E-state index in [4.69, 9.17) is 11.6 Å². The minimum atomic E-state index is -0.556. The van der Waals surface area contributed by atoms with Gasteiger partial charge in [-0.15, -0.1) is 0 Å². The molecule has 1 aliphatic rings. The number of pyridine rings is 1. The van der Waals surface area contributed by atoms with Crippen molar-refractivity contribution in [3.8, 4) is 0 Å². The van der Waals surface area contributed by atoms with Gasteiger partial charge in [-0.2, -0.15) is 0 Å². The summed E-state index contributed by atoms with van der Waals surface area (Å²) >= 11 is 6.27. The molecule has 3 aromatic rings. The Morgan fingerprint density at radius 3 is 2.84 bits per heavy atom. The van der Waals surface area contributed by atoms with Gasteiger partial charge in [-0.1, -0.05) is 11.6 Å². The van der Waals surface area contributed by atoms with E-state index in [-0.39, 0.29) is 0 Å². The maximum Gasteiger partial charge on any atom is 0.0970 e. The van der Waals surface area contributed by atoms with E-state index in [0.717, 1.165) is 42.0 Å². The molecule has 3 heterocycles. The number of aromatic nitrogens is 2. The van der Waals surface area contributed by atoms with Crippen LogP contribution >= 0.6 is 11.6 Å². The van der Waals surface area contributed by atoms with Crippen LogP contribution in [0.4, 0.5) is 0 Å². The lowest BCUT2D eigenvalue weighted by Gasteiger charge is -2.16. The summed E-state index contributed by atoms with van der Waals surface area (Å²) in [6.45, 7) is 2.55. The second-order valence-electron chi connectivity index (χ2n) is 6.84. The van der Waals surface area contributed by atoms with Gasteiger partial charge < -0.3 is 14.6 Å². The molecule has 1 unspecified atom stereocenters. The Hall–Kier alpha value is -1.88. The van der Waals surface area contributed by atoms with Gasteiger partial charge in [0.2, 0.25) is 0 Å². The van der Waals surface area contributed by atoms with Crippen LogP contribution in [0.25, 0.3) is 10.9 Å². The highest BCUT2D eigenvalue weighted by molar-refractivity contribution is 6.31. The van der Waals surface area contributed by atoms with E-state index in [2.05, 4.69) is 33.6 Å². The van der Waals surface area contributed by atoms with E-state index in [0.29, 0.717) is 6.54 Å². The Kier molecular flexibility index (Phi) is 4.50. The molecule has 2 aromatic heterocycles. The smallest absolute Gasteiger partial charge is 0.0970 e. The minimum Gasteiger partial charge on any atom is -0.387 e. The molecule has 0 fully saturated rings. The molecule has 1 aromatic carbocycles. The van der Waals surface area contributed by atoms with Crippen molar-refractivity contribution in [2.75, 3.05) is 13.6 Å². The van der Waals surface area contributed by atoms with Gasteiger partial charge >= 0.3 is 0 Å². The zero-order valence-electron chi connectivity index (χ0n) is 14.3. The van der Waals surface area contributed by atoms with Crippen molar-refractivity contribution < 1.29 is 5.11 Å². The van der Waals surface area contributed by atoms with Gasteiger partial charge in [-0.3, -0.25) is 4.98 Å². The number of fused-ring (bicyclic) bond motifs is 3. The molecule has 4 rings (SSSR count). The van der Waals surface area contributed by atoms with Crippen molar-refractivity contribution in [2.24, 2.45) is 0 Å². The Bertz CT molecular complexity index is 891. The third-order valence-corrected chi connectivity index (χ3v) is 5.31. The number of benzene rings is 1. The summed E-state index contributed by atoms with van der Waals surface area (Å²) in [6, 6.07) is 9.82. The van der Waals surface area contributed by atoms with Crippen LogP contribution in [0.15, 0.2) is 42.7 Å². The van der Waals surface area contributed by atoms with Crippen LogP contribution in [-0.2, 0) is 19.5 Å². The monoisotopic (exact) mass is 355 g/mol. The molecule has 0 aliphatic carbocycles. The molecule has 0 radical (unpaired) electrons. The van der Waals surface area contributed by atoms with Crippen LogP contribution in [0, 0.1) is 0 Å². The van der Waals surface area contributed by atoms with Gasteiger partial charge in [0.05, 0.1) is 12.6 Å². The van der Waals surface area contributed by atoms with Crippen molar-refractivity contribution in [1.82, 2.24) is 14.5 Å². The number of aliphatic hydroxyl groups is 1. The third-order valence-electron chi connectivity index (χ3n) is 5.08. The maximum atomic E-state index is 10.7. The molecule has 130 valence electrons. The van der Waals surface area contributed by atoms with E-state index in [1.807, 2.05) is 18.2 Å². The van der Waals surface area contributed by atoms with Crippen LogP contribution in [-0.4, -0.2) is 33.1 Å². The number of halogens is 1. The standard InChI is InChI=1S/C20H22ClN3O/c1-23-10-2-3-18-17(12-23)16-11-15(21)4-5-19(16)24(18)13-20(25)14-6-8-22-9-7-14/h4-9,11,20,25H,2-3,10,12-13H2,1H3. The molecular formula is C20H22ClN3O. The first kappa shape index (κ1) is 16.6. The number of nitrogens with zero attached hydrogens (tertiary/aromatic N) is 3. The molecule has 25 heavy (non-hydrogen) atoms. The average molecular weight is 356 g/mol. The predicted octanol–water partition coefficient (Wildman–Crippen LogP) is 3.80. The van der Waals surface area contributed by atoms with Crippen molar-refractivity contribution in [3.63, 3.8) is 0 Å². The van der Waals surface area contributed by atoms with Gasteiger partial charge in [0.1, 0.15) is 0 Å². The summed E-state index contributed by atoms with van der Waals surface area (Å²) < 4.78 is 2.28. The summed E-state index contributed by atoms with van der Waals surface area (Å²) in [6.07, 6.45) is 5.04.